The van der Waals surface area contributed by atoms with Gasteiger partial charge < -0.3 is 14.8 Å². The van der Waals surface area contributed by atoms with Crippen molar-refractivity contribution in [1.29, 1.82) is 0 Å². The Labute approximate surface area is 102 Å². The summed E-state index contributed by atoms with van der Waals surface area (Å²) < 4.78 is 26.0. The molecule has 1 heterocycles. The van der Waals surface area contributed by atoms with Crippen LogP contribution in [0.5, 0.6) is 0 Å². The summed E-state index contributed by atoms with van der Waals surface area (Å²) in [5.41, 5.74) is 0. The molecule has 0 aromatic heterocycles. The molecule has 1 saturated heterocycles. The van der Waals surface area contributed by atoms with Gasteiger partial charge in [0.15, 0.2) is 0 Å². The molecule has 100 valence electrons. The molecule has 1 aliphatic carbocycles. The molecule has 1 amide bonds. The fourth-order valence-corrected chi connectivity index (χ4v) is 2.52. The summed E-state index contributed by atoms with van der Waals surface area (Å²) in [4.78, 5) is 34.9. The van der Waals surface area contributed by atoms with E-state index in [-0.39, 0.29) is 25.2 Å². The minimum atomic E-state index is -2.92. The van der Waals surface area contributed by atoms with Crippen LogP contribution in [0.3, 0.4) is 0 Å². The van der Waals surface area contributed by atoms with E-state index in [9.17, 15) is 28.3 Å². The van der Waals surface area contributed by atoms with Gasteiger partial charge in [0.05, 0.1) is 12.5 Å². The molecule has 2 atom stereocenters. The number of aliphatic carboxylic acids is 1. The monoisotopic (exact) mass is 260 g/mol. The lowest BCUT2D eigenvalue weighted by molar-refractivity contribution is -0.312. The smallest absolute Gasteiger partial charge is 0.267 e. The summed E-state index contributed by atoms with van der Waals surface area (Å²) in [7, 11) is 0. The van der Waals surface area contributed by atoms with Gasteiger partial charge >= 0.3 is 0 Å². The van der Waals surface area contributed by atoms with Crippen LogP contribution in [0.1, 0.15) is 19.3 Å². The third-order valence-corrected chi connectivity index (χ3v) is 3.48. The molecule has 2 aliphatic rings. The number of carbonyl (C=O) groups is 3. The topological polar surface area (TPSA) is 77.5 Å². The standard InChI is InChI=1S/C11H13F2NO4/c12-11(13)1-2-14(5-11)9(16)7-3-6(15)4-8(7)10(17)18/h7-8H,1-5H2,(H,17,18)/p-1/t7-,8-/m1/s1. The zero-order chi connectivity index (χ0) is 13.5. The van der Waals surface area contributed by atoms with E-state index >= 15 is 0 Å². The number of hydrogen-bond acceptors (Lipinski definition) is 4. The molecule has 2 rings (SSSR count). The van der Waals surface area contributed by atoms with E-state index in [1.807, 2.05) is 0 Å². The number of likely N-dealkylation sites (tertiary alicyclic amines) is 1. The molecule has 1 aliphatic heterocycles. The molecule has 0 aromatic rings. The lowest BCUT2D eigenvalue weighted by Gasteiger charge is -2.24. The minimum absolute atomic E-state index is 0.101. The van der Waals surface area contributed by atoms with E-state index in [2.05, 4.69) is 0 Å². The second kappa shape index (κ2) is 4.29. The lowest BCUT2D eigenvalue weighted by atomic mass is 9.95. The summed E-state index contributed by atoms with van der Waals surface area (Å²) in [5.74, 6) is -7.63. The molecular formula is C11H12F2NO4-. The summed E-state index contributed by atoms with van der Waals surface area (Å²) >= 11 is 0. The molecule has 0 aromatic carbocycles. The van der Waals surface area contributed by atoms with Gasteiger partial charge in [-0.3, -0.25) is 9.59 Å². The van der Waals surface area contributed by atoms with E-state index in [0.29, 0.717) is 0 Å². The first kappa shape index (κ1) is 12.9. The Morgan fingerprint density at radius 3 is 2.39 bits per heavy atom. The number of amides is 1. The average Bonchev–Trinajstić information content (AvgIpc) is 2.80. The van der Waals surface area contributed by atoms with Gasteiger partial charge in [-0.1, -0.05) is 0 Å². The van der Waals surface area contributed by atoms with E-state index in [1.165, 1.54) is 0 Å². The van der Waals surface area contributed by atoms with Gasteiger partial charge in [0, 0.05) is 37.7 Å². The number of carboxylic acid groups (broad SMARTS) is 1. The Morgan fingerprint density at radius 1 is 1.28 bits per heavy atom. The first-order valence-corrected chi connectivity index (χ1v) is 5.69. The van der Waals surface area contributed by atoms with Gasteiger partial charge in [-0.15, -0.1) is 0 Å². The Balaban J connectivity index is 2.09. The van der Waals surface area contributed by atoms with Crippen LogP contribution in [0.2, 0.25) is 0 Å². The van der Waals surface area contributed by atoms with Crippen LogP contribution >= 0.6 is 0 Å². The summed E-state index contributed by atoms with van der Waals surface area (Å²) in [6, 6.07) is 0. The number of carboxylic acids is 1. The number of halogens is 2. The van der Waals surface area contributed by atoms with Crippen molar-refractivity contribution in [2.75, 3.05) is 13.1 Å². The maximum absolute atomic E-state index is 13.0. The van der Waals surface area contributed by atoms with E-state index in [4.69, 9.17) is 0 Å². The molecule has 0 unspecified atom stereocenters. The SMILES string of the molecule is O=C1C[C@@H](C(=O)[O-])[C@H](C(=O)N2CCC(F)(F)C2)C1. The second-order valence-electron chi connectivity index (χ2n) is 4.84. The number of nitrogens with zero attached hydrogens (tertiary/aromatic N) is 1. The zero-order valence-electron chi connectivity index (χ0n) is 9.53. The Morgan fingerprint density at radius 2 is 1.89 bits per heavy atom. The quantitative estimate of drug-likeness (QED) is 0.651. The Hall–Kier alpha value is -1.53. The van der Waals surface area contributed by atoms with Crippen molar-refractivity contribution in [2.45, 2.75) is 25.2 Å². The fourth-order valence-electron chi connectivity index (χ4n) is 2.52. The molecule has 18 heavy (non-hydrogen) atoms. The lowest BCUT2D eigenvalue weighted by Crippen LogP contribution is -2.42. The number of Topliss-reactive ketones (excluding diaryl/α,β-unsaturated/α-hetero) is 1. The minimum Gasteiger partial charge on any atom is -0.550 e. The predicted molar refractivity (Wildman–Crippen MR) is 52.4 cm³/mol. The van der Waals surface area contributed by atoms with Crippen LogP contribution in [0.15, 0.2) is 0 Å². The first-order valence-electron chi connectivity index (χ1n) is 5.69. The second-order valence-corrected chi connectivity index (χ2v) is 4.84. The molecule has 1 saturated carbocycles. The van der Waals surface area contributed by atoms with Crippen LogP contribution in [-0.2, 0) is 14.4 Å². The van der Waals surface area contributed by atoms with Gasteiger partial charge in [0.1, 0.15) is 5.78 Å². The predicted octanol–water partition coefficient (Wildman–Crippen LogP) is -0.801. The maximum Gasteiger partial charge on any atom is 0.267 e. The number of carbonyl (C=O) groups excluding carboxylic acids is 3. The van der Waals surface area contributed by atoms with Gasteiger partial charge in [-0.2, -0.15) is 0 Å². The van der Waals surface area contributed by atoms with E-state index in [1.54, 1.807) is 0 Å². The molecule has 0 radical (unpaired) electrons. The molecule has 0 spiro atoms. The molecule has 2 fully saturated rings. The molecule has 0 bridgehead atoms. The normalized spacial score (nSPS) is 30.8. The highest BCUT2D eigenvalue weighted by Gasteiger charge is 2.46. The number of ketones is 1. The largest absolute Gasteiger partial charge is 0.550 e. The van der Waals surface area contributed by atoms with Crippen molar-refractivity contribution < 1.29 is 28.3 Å². The fraction of sp³-hybridized carbons (Fsp3) is 0.727. The highest BCUT2D eigenvalue weighted by Crippen LogP contribution is 2.34. The van der Waals surface area contributed by atoms with E-state index < -0.39 is 42.6 Å². The maximum atomic E-state index is 13.0. The Kier molecular flexibility index (Phi) is 3.08. The van der Waals surface area contributed by atoms with Crippen LogP contribution in [0, 0.1) is 11.8 Å². The van der Waals surface area contributed by atoms with Crippen LogP contribution in [0.4, 0.5) is 8.78 Å². The number of alkyl halides is 2. The van der Waals surface area contributed by atoms with Crippen molar-refractivity contribution >= 4 is 17.7 Å². The van der Waals surface area contributed by atoms with Crippen LogP contribution in [0.25, 0.3) is 0 Å². The summed E-state index contributed by atoms with van der Waals surface area (Å²) in [6.45, 7) is -0.799. The van der Waals surface area contributed by atoms with Crippen molar-refractivity contribution in [3.8, 4) is 0 Å². The Bertz CT molecular complexity index is 410. The van der Waals surface area contributed by atoms with Crippen molar-refractivity contribution in [3.63, 3.8) is 0 Å². The number of rotatable bonds is 2. The molecular weight excluding hydrogens is 248 g/mol. The summed E-state index contributed by atoms with van der Waals surface area (Å²) in [6.07, 6.45) is -0.863. The third kappa shape index (κ3) is 2.34. The van der Waals surface area contributed by atoms with Gasteiger partial charge in [0.2, 0.25) is 5.91 Å². The molecule has 0 N–H and O–H groups in total. The van der Waals surface area contributed by atoms with Gasteiger partial charge in [0.25, 0.3) is 5.92 Å². The average molecular weight is 260 g/mol. The third-order valence-electron chi connectivity index (χ3n) is 3.48. The molecule has 7 heteroatoms. The first-order chi connectivity index (χ1) is 8.30. The van der Waals surface area contributed by atoms with Crippen molar-refractivity contribution in [1.82, 2.24) is 4.90 Å². The number of hydrogen-bond donors (Lipinski definition) is 0. The zero-order valence-corrected chi connectivity index (χ0v) is 9.53. The molecule has 5 nitrogen and oxygen atoms in total. The van der Waals surface area contributed by atoms with Gasteiger partial charge in [-0.05, 0) is 0 Å². The van der Waals surface area contributed by atoms with E-state index in [0.717, 1.165) is 4.90 Å². The van der Waals surface area contributed by atoms with Crippen molar-refractivity contribution in [3.05, 3.63) is 0 Å². The highest BCUT2D eigenvalue weighted by molar-refractivity contribution is 5.96. The van der Waals surface area contributed by atoms with Crippen LogP contribution in [-0.4, -0.2) is 41.6 Å². The van der Waals surface area contributed by atoms with Gasteiger partial charge in [-0.25, -0.2) is 8.78 Å². The van der Waals surface area contributed by atoms with Crippen LogP contribution < -0.4 is 5.11 Å². The summed E-state index contributed by atoms with van der Waals surface area (Å²) in [5, 5.41) is 10.8. The highest BCUT2D eigenvalue weighted by atomic mass is 19.3. The van der Waals surface area contributed by atoms with Crippen molar-refractivity contribution in [2.24, 2.45) is 11.8 Å².